The monoisotopic (exact) mass is 350 g/mol. The van der Waals surface area contributed by atoms with Crippen LogP contribution in [0.4, 0.5) is 13.2 Å². The van der Waals surface area contributed by atoms with E-state index >= 15 is 0 Å². The van der Waals surface area contributed by atoms with Crippen LogP contribution in [0.2, 0.25) is 0 Å². The molecule has 0 aliphatic heterocycles. The van der Waals surface area contributed by atoms with Crippen molar-refractivity contribution in [2.24, 2.45) is 0 Å². The van der Waals surface area contributed by atoms with Crippen LogP contribution in [-0.4, -0.2) is 29.6 Å². The molecule has 0 fully saturated rings. The highest BCUT2D eigenvalue weighted by molar-refractivity contribution is 7.19. The van der Waals surface area contributed by atoms with Crippen molar-refractivity contribution >= 4 is 16.3 Å². The Morgan fingerprint density at radius 1 is 1.04 bits per heavy atom. The Morgan fingerprint density at radius 3 is 2.50 bits per heavy atom. The predicted octanol–water partition coefficient (Wildman–Crippen LogP) is 3.37. The molecular weight excluding hydrogens is 341 g/mol. The van der Waals surface area contributed by atoms with E-state index in [0.29, 0.717) is 15.2 Å². The summed E-state index contributed by atoms with van der Waals surface area (Å²) in [6.45, 7) is 1.87. The molecule has 0 N–H and O–H groups in total. The summed E-state index contributed by atoms with van der Waals surface area (Å²) in [6.07, 6.45) is -4.61. The van der Waals surface area contributed by atoms with E-state index in [1.54, 1.807) is 10.7 Å². The Hall–Kier alpha value is -2.75. The van der Waals surface area contributed by atoms with Crippen molar-refractivity contribution in [3.63, 3.8) is 0 Å². The van der Waals surface area contributed by atoms with Gasteiger partial charge in [-0.25, -0.2) is 4.68 Å². The van der Waals surface area contributed by atoms with Gasteiger partial charge in [0.05, 0.1) is 5.69 Å². The third-order valence-electron chi connectivity index (χ3n) is 3.35. The SMILES string of the molecule is Cc1cc(-c2nn3c(C(F)(F)F)nnc3s2)nn1-c1ccccc1. The molecule has 0 spiro atoms. The number of halogens is 3. The fourth-order valence-electron chi connectivity index (χ4n) is 2.31. The Balaban J connectivity index is 1.80. The molecule has 122 valence electrons. The lowest BCUT2D eigenvalue weighted by molar-refractivity contribution is -0.146. The minimum absolute atomic E-state index is 0.0734. The maximum Gasteiger partial charge on any atom is 0.453 e. The van der Waals surface area contributed by atoms with Crippen LogP contribution in [-0.2, 0) is 6.18 Å². The molecule has 6 nitrogen and oxygen atoms in total. The van der Waals surface area contributed by atoms with E-state index in [2.05, 4.69) is 20.4 Å². The summed E-state index contributed by atoms with van der Waals surface area (Å²) >= 11 is 1.01. The van der Waals surface area contributed by atoms with Gasteiger partial charge in [0.15, 0.2) is 5.01 Å². The number of rotatable bonds is 2. The van der Waals surface area contributed by atoms with Crippen molar-refractivity contribution in [1.29, 1.82) is 0 Å². The van der Waals surface area contributed by atoms with E-state index < -0.39 is 12.0 Å². The molecule has 0 bridgehead atoms. The number of nitrogens with zero attached hydrogens (tertiary/aromatic N) is 6. The fraction of sp³-hybridized carbons (Fsp3) is 0.143. The molecule has 1 aromatic carbocycles. The van der Waals surface area contributed by atoms with Crippen LogP contribution in [0.5, 0.6) is 0 Å². The molecule has 0 radical (unpaired) electrons. The van der Waals surface area contributed by atoms with Crippen molar-refractivity contribution in [2.75, 3.05) is 0 Å². The van der Waals surface area contributed by atoms with E-state index in [1.165, 1.54) is 0 Å². The van der Waals surface area contributed by atoms with Gasteiger partial charge in [-0.3, -0.25) is 0 Å². The first-order valence-corrected chi connectivity index (χ1v) is 7.67. The third-order valence-corrected chi connectivity index (χ3v) is 4.27. The van der Waals surface area contributed by atoms with Crippen LogP contribution >= 0.6 is 11.3 Å². The number of benzene rings is 1. The molecule has 0 aliphatic carbocycles. The maximum absolute atomic E-state index is 12.9. The second-order valence-electron chi connectivity index (χ2n) is 5.04. The van der Waals surface area contributed by atoms with Crippen molar-refractivity contribution in [3.05, 3.63) is 47.9 Å². The summed E-state index contributed by atoms with van der Waals surface area (Å²) in [7, 11) is 0. The van der Waals surface area contributed by atoms with E-state index in [9.17, 15) is 13.2 Å². The smallest absolute Gasteiger partial charge is 0.237 e. The average molecular weight is 350 g/mol. The molecule has 0 unspecified atom stereocenters. The fourth-order valence-corrected chi connectivity index (χ4v) is 3.10. The van der Waals surface area contributed by atoms with Gasteiger partial charge in [-0.05, 0) is 25.1 Å². The normalized spacial score (nSPS) is 12.2. The first-order valence-electron chi connectivity index (χ1n) is 6.85. The van der Waals surface area contributed by atoms with Crippen LogP contribution in [0.3, 0.4) is 0 Å². The van der Waals surface area contributed by atoms with E-state index in [1.807, 2.05) is 37.3 Å². The van der Waals surface area contributed by atoms with Crippen molar-refractivity contribution in [2.45, 2.75) is 13.1 Å². The Kier molecular flexibility index (Phi) is 3.17. The van der Waals surface area contributed by atoms with Gasteiger partial charge in [0.2, 0.25) is 4.96 Å². The summed E-state index contributed by atoms with van der Waals surface area (Å²) in [5, 5.41) is 15.4. The van der Waals surface area contributed by atoms with Gasteiger partial charge in [0.1, 0.15) is 5.69 Å². The Bertz CT molecular complexity index is 1010. The van der Waals surface area contributed by atoms with Crippen LogP contribution in [0.25, 0.3) is 21.3 Å². The molecule has 4 rings (SSSR count). The molecular formula is C14H9F3N6S. The van der Waals surface area contributed by atoms with Gasteiger partial charge in [-0.1, -0.05) is 29.5 Å². The summed E-state index contributed by atoms with van der Waals surface area (Å²) in [4.78, 5) is 0.0734. The van der Waals surface area contributed by atoms with Gasteiger partial charge in [-0.15, -0.1) is 10.2 Å². The second kappa shape index (κ2) is 5.13. The number of aromatic nitrogens is 6. The number of aryl methyl sites for hydroxylation is 1. The number of alkyl halides is 3. The highest BCUT2D eigenvalue weighted by Crippen LogP contribution is 2.31. The molecule has 0 amide bonds. The molecule has 0 saturated heterocycles. The Labute approximate surface area is 137 Å². The average Bonchev–Trinajstić information content (AvgIpc) is 3.19. The third kappa shape index (κ3) is 2.35. The van der Waals surface area contributed by atoms with Crippen molar-refractivity contribution in [1.82, 2.24) is 29.6 Å². The summed E-state index contributed by atoms with van der Waals surface area (Å²) < 4.78 is 41.0. The number of para-hydroxylation sites is 1. The van der Waals surface area contributed by atoms with Gasteiger partial charge in [-0.2, -0.15) is 27.9 Å². The van der Waals surface area contributed by atoms with Crippen LogP contribution in [0, 0.1) is 6.92 Å². The Morgan fingerprint density at radius 2 is 1.79 bits per heavy atom. The lowest BCUT2D eigenvalue weighted by Crippen LogP contribution is -2.11. The van der Waals surface area contributed by atoms with Crippen LogP contribution < -0.4 is 0 Å². The second-order valence-corrected chi connectivity index (χ2v) is 6.00. The van der Waals surface area contributed by atoms with E-state index in [0.717, 1.165) is 22.7 Å². The maximum atomic E-state index is 12.9. The van der Waals surface area contributed by atoms with Crippen LogP contribution in [0.15, 0.2) is 36.4 Å². The standard InChI is InChI=1S/C14H9F3N6S/c1-8-7-10(20-22(8)9-5-3-2-4-6-9)11-21-23-12(14(15,16)17)18-19-13(23)24-11/h2-7H,1H3. The van der Waals surface area contributed by atoms with E-state index in [4.69, 9.17) is 0 Å². The first-order chi connectivity index (χ1) is 11.4. The summed E-state index contributed by atoms with van der Waals surface area (Å²) in [6, 6.07) is 11.2. The van der Waals surface area contributed by atoms with Crippen LogP contribution in [0.1, 0.15) is 11.5 Å². The zero-order valence-corrected chi connectivity index (χ0v) is 13.0. The molecule has 0 aliphatic rings. The zero-order chi connectivity index (χ0) is 16.9. The quantitative estimate of drug-likeness (QED) is 0.556. The van der Waals surface area contributed by atoms with Gasteiger partial charge < -0.3 is 0 Å². The van der Waals surface area contributed by atoms with Gasteiger partial charge in [0, 0.05) is 5.69 Å². The van der Waals surface area contributed by atoms with Crippen molar-refractivity contribution < 1.29 is 13.2 Å². The predicted molar refractivity (Wildman–Crippen MR) is 81.0 cm³/mol. The van der Waals surface area contributed by atoms with Gasteiger partial charge >= 0.3 is 6.18 Å². The topological polar surface area (TPSA) is 60.9 Å². The first kappa shape index (κ1) is 14.8. The minimum Gasteiger partial charge on any atom is -0.237 e. The molecule has 3 heterocycles. The number of hydrogen-bond donors (Lipinski definition) is 0. The highest BCUT2D eigenvalue weighted by atomic mass is 32.1. The zero-order valence-electron chi connectivity index (χ0n) is 12.2. The lowest BCUT2D eigenvalue weighted by Gasteiger charge is -2.02. The minimum atomic E-state index is -4.61. The number of hydrogen-bond acceptors (Lipinski definition) is 5. The lowest BCUT2D eigenvalue weighted by atomic mass is 10.3. The number of fused-ring (bicyclic) bond motifs is 1. The van der Waals surface area contributed by atoms with E-state index in [-0.39, 0.29) is 4.96 Å². The van der Waals surface area contributed by atoms with Gasteiger partial charge in [0.25, 0.3) is 5.82 Å². The molecule has 0 atom stereocenters. The summed E-state index contributed by atoms with van der Waals surface area (Å²) in [5.74, 6) is -1.14. The molecule has 0 saturated carbocycles. The molecule has 4 aromatic rings. The molecule has 10 heteroatoms. The highest BCUT2D eigenvalue weighted by Gasteiger charge is 2.38. The largest absolute Gasteiger partial charge is 0.453 e. The van der Waals surface area contributed by atoms with Crippen molar-refractivity contribution in [3.8, 4) is 16.4 Å². The molecule has 24 heavy (non-hydrogen) atoms. The summed E-state index contributed by atoms with van der Waals surface area (Å²) in [5.41, 5.74) is 2.19. The molecule has 3 aromatic heterocycles.